The predicted molar refractivity (Wildman–Crippen MR) is 94.1 cm³/mol. The maximum atomic E-state index is 12.8. The molecule has 0 N–H and O–H groups in total. The van der Waals surface area contributed by atoms with E-state index in [0.717, 1.165) is 10.9 Å². The fourth-order valence-corrected chi connectivity index (χ4v) is 2.78. The third-order valence-corrected chi connectivity index (χ3v) is 3.96. The van der Waals surface area contributed by atoms with Gasteiger partial charge in [0.25, 0.3) is 5.69 Å². The fraction of sp³-hybridized carbons (Fsp3) is 0.211. The van der Waals surface area contributed by atoms with E-state index in [4.69, 9.17) is 0 Å². The minimum absolute atomic E-state index is 0.0311. The lowest BCUT2D eigenvalue weighted by Crippen LogP contribution is -2.25. The molecule has 0 unspecified atom stereocenters. The van der Waals surface area contributed by atoms with Crippen LogP contribution in [0.3, 0.4) is 0 Å². The van der Waals surface area contributed by atoms with Crippen molar-refractivity contribution in [1.29, 1.82) is 0 Å². The van der Waals surface area contributed by atoms with Crippen molar-refractivity contribution >= 4 is 22.5 Å². The first-order chi connectivity index (χ1) is 11.3. The second-order valence-electron chi connectivity index (χ2n) is 6.76. The number of para-hydroxylation sites is 2. The van der Waals surface area contributed by atoms with E-state index >= 15 is 0 Å². The van der Waals surface area contributed by atoms with Crippen molar-refractivity contribution in [2.24, 2.45) is 5.41 Å². The zero-order valence-electron chi connectivity index (χ0n) is 13.8. The zero-order valence-corrected chi connectivity index (χ0v) is 13.8. The third-order valence-electron chi connectivity index (χ3n) is 3.96. The largest absolute Gasteiger partial charge is 0.286 e. The van der Waals surface area contributed by atoms with E-state index in [-0.39, 0.29) is 11.6 Å². The molecule has 24 heavy (non-hydrogen) atoms. The van der Waals surface area contributed by atoms with Crippen molar-refractivity contribution in [3.8, 4) is 11.1 Å². The molecule has 0 fully saturated rings. The molecule has 0 aliphatic rings. The first-order valence-electron chi connectivity index (χ1n) is 7.69. The number of fused-ring (bicyclic) bond motifs is 1. The molecule has 122 valence electrons. The van der Waals surface area contributed by atoms with Crippen molar-refractivity contribution in [3.05, 3.63) is 64.8 Å². The molecule has 5 heteroatoms. The van der Waals surface area contributed by atoms with Crippen LogP contribution >= 0.6 is 0 Å². The number of hydrogen-bond donors (Lipinski definition) is 0. The van der Waals surface area contributed by atoms with Crippen LogP contribution in [0.1, 0.15) is 25.6 Å². The van der Waals surface area contributed by atoms with Crippen LogP contribution in [-0.2, 0) is 0 Å². The number of carbonyl (C=O) groups is 1. The van der Waals surface area contributed by atoms with E-state index < -0.39 is 10.3 Å². The second kappa shape index (κ2) is 5.60. The normalized spacial score (nSPS) is 11.6. The first kappa shape index (κ1) is 15.9. The Morgan fingerprint density at radius 1 is 1.00 bits per heavy atom. The summed E-state index contributed by atoms with van der Waals surface area (Å²) in [6, 6.07) is 14.1. The van der Waals surface area contributed by atoms with E-state index in [1.807, 2.05) is 45.0 Å². The fourth-order valence-electron chi connectivity index (χ4n) is 2.78. The lowest BCUT2D eigenvalue weighted by atomic mass is 9.95. The van der Waals surface area contributed by atoms with Gasteiger partial charge in [0.05, 0.1) is 16.0 Å². The molecule has 1 heterocycles. The van der Waals surface area contributed by atoms with Crippen LogP contribution in [0, 0.1) is 15.5 Å². The Hall–Kier alpha value is -2.95. The zero-order chi connectivity index (χ0) is 17.5. The summed E-state index contributed by atoms with van der Waals surface area (Å²) < 4.78 is 1.60. The van der Waals surface area contributed by atoms with Gasteiger partial charge in [-0.15, -0.1) is 0 Å². The molecule has 3 rings (SSSR count). The predicted octanol–water partition coefficient (Wildman–Crippen LogP) is 4.90. The summed E-state index contributed by atoms with van der Waals surface area (Å²) in [6.45, 7) is 5.57. The molecule has 3 aromatic rings. The van der Waals surface area contributed by atoms with E-state index in [2.05, 4.69) is 0 Å². The molecule has 0 radical (unpaired) electrons. The van der Waals surface area contributed by atoms with E-state index in [0.29, 0.717) is 11.1 Å². The highest BCUT2D eigenvalue weighted by molar-refractivity contribution is 6.04. The average Bonchev–Trinajstić information content (AvgIpc) is 2.92. The number of nitrogens with zero attached hydrogens (tertiary/aromatic N) is 2. The highest BCUT2D eigenvalue weighted by Crippen LogP contribution is 2.37. The quantitative estimate of drug-likeness (QED) is 0.498. The average molecular weight is 322 g/mol. The Morgan fingerprint density at radius 2 is 1.62 bits per heavy atom. The summed E-state index contributed by atoms with van der Waals surface area (Å²) in [5, 5.41) is 12.2. The van der Waals surface area contributed by atoms with Gasteiger partial charge in [0, 0.05) is 28.6 Å². The summed E-state index contributed by atoms with van der Waals surface area (Å²) in [5.74, 6) is -0.0523. The van der Waals surface area contributed by atoms with Crippen molar-refractivity contribution in [2.45, 2.75) is 20.8 Å². The number of benzene rings is 2. The molecule has 2 aromatic carbocycles. The minimum Gasteiger partial charge on any atom is -0.286 e. The minimum atomic E-state index is -0.554. The van der Waals surface area contributed by atoms with E-state index in [9.17, 15) is 14.9 Å². The first-order valence-corrected chi connectivity index (χ1v) is 7.69. The van der Waals surface area contributed by atoms with Crippen molar-refractivity contribution < 1.29 is 9.72 Å². The summed E-state index contributed by atoms with van der Waals surface area (Å²) in [6.07, 6.45) is 1.71. The third kappa shape index (κ3) is 2.58. The van der Waals surface area contributed by atoms with Gasteiger partial charge in [0.2, 0.25) is 5.91 Å². The molecule has 0 amide bonds. The van der Waals surface area contributed by atoms with E-state index in [1.165, 1.54) is 6.07 Å². The molecule has 0 spiro atoms. The Kier molecular flexibility index (Phi) is 3.72. The van der Waals surface area contributed by atoms with Gasteiger partial charge in [-0.05, 0) is 12.1 Å². The summed E-state index contributed by atoms with van der Waals surface area (Å²) >= 11 is 0. The van der Waals surface area contributed by atoms with Crippen molar-refractivity contribution in [3.63, 3.8) is 0 Å². The molecule has 5 nitrogen and oxygen atoms in total. The Morgan fingerprint density at radius 3 is 2.29 bits per heavy atom. The van der Waals surface area contributed by atoms with Crippen molar-refractivity contribution in [1.82, 2.24) is 4.57 Å². The number of aromatic nitrogens is 1. The van der Waals surface area contributed by atoms with Gasteiger partial charge in [-0.3, -0.25) is 19.5 Å². The van der Waals surface area contributed by atoms with Gasteiger partial charge in [-0.2, -0.15) is 0 Å². The lowest BCUT2D eigenvalue weighted by molar-refractivity contribution is -0.384. The van der Waals surface area contributed by atoms with Crippen LogP contribution in [0.5, 0.6) is 0 Å². The molecular formula is C19H18N2O3. The van der Waals surface area contributed by atoms with Crippen molar-refractivity contribution in [2.75, 3.05) is 0 Å². The van der Waals surface area contributed by atoms with Gasteiger partial charge in [-0.1, -0.05) is 51.1 Å². The van der Waals surface area contributed by atoms with Crippen LogP contribution in [0.15, 0.2) is 54.7 Å². The SMILES string of the molecule is CC(C)(C)C(=O)n1cc(-c2ccccc2[N+](=O)[O-])c2ccccc21. The number of nitro benzene ring substituents is 1. The molecular weight excluding hydrogens is 304 g/mol. The Balaban J connectivity index is 2.32. The second-order valence-corrected chi connectivity index (χ2v) is 6.76. The molecule has 0 aliphatic carbocycles. The Bertz CT molecular complexity index is 949. The highest BCUT2D eigenvalue weighted by Gasteiger charge is 2.26. The maximum absolute atomic E-state index is 12.8. The van der Waals surface area contributed by atoms with Gasteiger partial charge >= 0.3 is 0 Å². The van der Waals surface area contributed by atoms with Gasteiger partial charge < -0.3 is 0 Å². The number of nitro groups is 1. The van der Waals surface area contributed by atoms with Crippen LogP contribution in [0.4, 0.5) is 5.69 Å². The van der Waals surface area contributed by atoms with E-state index in [1.54, 1.807) is 29.0 Å². The summed E-state index contributed by atoms with van der Waals surface area (Å²) in [7, 11) is 0. The smallest absolute Gasteiger partial charge is 0.277 e. The number of hydrogen-bond acceptors (Lipinski definition) is 3. The maximum Gasteiger partial charge on any atom is 0.277 e. The number of rotatable bonds is 2. The molecule has 0 aliphatic heterocycles. The van der Waals surface area contributed by atoms with Crippen LogP contribution in [-0.4, -0.2) is 15.4 Å². The molecule has 0 saturated heterocycles. The van der Waals surface area contributed by atoms with Gasteiger partial charge in [0.1, 0.15) is 0 Å². The van der Waals surface area contributed by atoms with Gasteiger partial charge in [0.15, 0.2) is 0 Å². The Labute approximate surface area is 139 Å². The molecule has 1 aromatic heterocycles. The molecule has 0 saturated carbocycles. The highest BCUT2D eigenvalue weighted by atomic mass is 16.6. The van der Waals surface area contributed by atoms with Crippen LogP contribution < -0.4 is 0 Å². The van der Waals surface area contributed by atoms with Gasteiger partial charge in [-0.25, -0.2) is 0 Å². The summed E-state index contributed by atoms with van der Waals surface area (Å²) in [4.78, 5) is 23.7. The topological polar surface area (TPSA) is 65.1 Å². The lowest BCUT2D eigenvalue weighted by Gasteiger charge is -2.17. The standard InChI is InChI=1S/C19H18N2O3/c1-19(2,3)18(22)20-12-15(13-8-4-6-10-16(13)20)14-9-5-7-11-17(14)21(23)24/h4-12H,1-3H3. The molecule has 0 atom stereocenters. The number of carbonyl (C=O) groups excluding carboxylic acids is 1. The van der Waals surface area contributed by atoms with Crippen LogP contribution in [0.2, 0.25) is 0 Å². The summed E-state index contributed by atoms with van der Waals surface area (Å²) in [5.41, 5.74) is 1.44. The monoisotopic (exact) mass is 322 g/mol. The molecule has 0 bridgehead atoms. The van der Waals surface area contributed by atoms with Crippen LogP contribution in [0.25, 0.3) is 22.0 Å².